The quantitative estimate of drug-likeness (QED) is 0.849. The van der Waals surface area contributed by atoms with E-state index in [2.05, 4.69) is 5.32 Å². The van der Waals surface area contributed by atoms with E-state index >= 15 is 0 Å². The molecule has 106 valence electrons. The Bertz CT molecular complexity index is 532. The fraction of sp³-hybridized carbons (Fsp3) is 0.538. The minimum Gasteiger partial charge on any atom is -0.387 e. The highest BCUT2D eigenvalue weighted by molar-refractivity contribution is 7.92. The SMILES string of the molecule is O=S1(=O)CCCC1CNCC(O)c1ccccc1F. The fourth-order valence-electron chi connectivity index (χ4n) is 2.32. The van der Waals surface area contributed by atoms with Gasteiger partial charge in [0, 0.05) is 18.7 Å². The fourth-order valence-corrected chi connectivity index (χ4v) is 4.12. The lowest BCUT2D eigenvalue weighted by atomic mass is 10.1. The molecule has 1 aliphatic rings. The molecular formula is C13H18FNO3S. The Morgan fingerprint density at radius 1 is 1.42 bits per heavy atom. The largest absolute Gasteiger partial charge is 0.387 e. The van der Waals surface area contributed by atoms with Gasteiger partial charge in [-0.05, 0) is 18.9 Å². The van der Waals surface area contributed by atoms with Gasteiger partial charge in [-0.15, -0.1) is 0 Å². The molecule has 2 unspecified atom stereocenters. The summed E-state index contributed by atoms with van der Waals surface area (Å²) < 4.78 is 36.6. The summed E-state index contributed by atoms with van der Waals surface area (Å²) in [5.74, 6) is -0.208. The summed E-state index contributed by atoms with van der Waals surface area (Å²) in [4.78, 5) is 0. The van der Waals surface area contributed by atoms with E-state index in [9.17, 15) is 17.9 Å². The van der Waals surface area contributed by atoms with E-state index in [1.807, 2.05) is 0 Å². The maximum Gasteiger partial charge on any atom is 0.154 e. The van der Waals surface area contributed by atoms with Crippen LogP contribution in [0.3, 0.4) is 0 Å². The predicted octanol–water partition coefficient (Wildman–Crippen LogP) is 1.03. The molecule has 0 bridgehead atoms. The van der Waals surface area contributed by atoms with Gasteiger partial charge in [-0.3, -0.25) is 0 Å². The van der Waals surface area contributed by atoms with Crippen molar-refractivity contribution < 1.29 is 17.9 Å². The first kappa shape index (κ1) is 14.4. The van der Waals surface area contributed by atoms with Crippen LogP contribution < -0.4 is 5.32 Å². The lowest BCUT2D eigenvalue weighted by Crippen LogP contribution is -2.33. The molecular weight excluding hydrogens is 269 g/mol. The van der Waals surface area contributed by atoms with Gasteiger partial charge in [-0.25, -0.2) is 12.8 Å². The highest BCUT2D eigenvalue weighted by Gasteiger charge is 2.30. The second-order valence-corrected chi connectivity index (χ2v) is 7.23. The molecule has 1 aromatic rings. The van der Waals surface area contributed by atoms with Crippen molar-refractivity contribution in [3.05, 3.63) is 35.6 Å². The van der Waals surface area contributed by atoms with Gasteiger partial charge in [-0.2, -0.15) is 0 Å². The summed E-state index contributed by atoms with van der Waals surface area (Å²) in [6.45, 7) is 0.459. The van der Waals surface area contributed by atoms with Gasteiger partial charge in [0.05, 0.1) is 17.1 Å². The number of sulfone groups is 1. The second kappa shape index (κ2) is 5.98. The maximum atomic E-state index is 13.4. The summed E-state index contributed by atoms with van der Waals surface area (Å²) in [5, 5.41) is 12.4. The number of hydrogen-bond donors (Lipinski definition) is 2. The van der Waals surface area contributed by atoms with E-state index in [1.54, 1.807) is 12.1 Å². The highest BCUT2D eigenvalue weighted by atomic mass is 32.2. The van der Waals surface area contributed by atoms with Crippen molar-refractivity contribution in [2.75, 3.05) is 18.8 Å². The number of aliphatic hydroxyl groups excluding tert-OH is 1. The third-order valence-corrected chi connectivity index (χ3v) is 5.71. The van der Waals surface area contributed by atoms with Crippen LogP contribution in [0.2, 0.25) is 0 Å². The Hall–Kier alpha value is -0.980. The van der Waals surface area contributed by atoms with Gasteiger partial charge >= 0.3 is 0 Å². The monoisotopic (exact) mass is 287 g/mol. The lowest BCUT2D eigenvalue weighted by Gasteiger charge is -2.15. The van der Waals surface area contributed by atoms with E-state index in [-0.39, 0.29) is 23.1 Å². The molecule has 1 fully saturated rings. The zero-order valence-corrected chi connectivity index (χ0v) is 11.4. The van der Waals surface area contributed by atoms with Crippen LogP contribution in [0.25, 0.3) is 0 Å². The second-order valence-electron chi connectivity index (χ2n) is 4.83. The van der Waals surface area contributed by atoms with Gasteiger partial charge in [0.1, 0.15) is 5.82 Å². The molecule has 19 heavy (non-hydrogen) atoms. The first-order valence-corrected chi connectivity index (χ1v) is 8.07. The van der Waals surface area contributed by atoms with Crippen molar-refractivity contribution in [1.29, 1.82) is 0 Å². The average Bonchev–Trinajstić information content (AvgIpc) is 2.69. The summed E-state index contributed by atoms with van der Waals surface area (Å²) in [6.07, 6.45) is 0.390. The average molecular weight is 287 g/mol. The molecule has 1 aliphatic heterocycles. The van der Waals surface area contributed by atoms with Crippen LogP contribution in [0.4, 0.5) is 4.39 Å². The molecule has 0 saturated carbocycles. The van der Waals surface area contributed by atoms with Crippen LogP contribution in [0.1, 0.15) is 24.5 Å². The standard InChI is InChI=1S/C13H18FNO3S/c14-12-6-2-1-5-11(12)13(16)9-15-8-10-4-3-7-19(10,17)18/h1-2,5-6,10,13,15-16H,3-4,7-9H2. The summed E-state index contributed by atoms with van der Waals surface area (Å²) >= 11 is 0. The Labute approximate surface area is 112 Å². The summed E-state index contributed by atoms with van der Waals surface area (Å²) in [5.41, 5.74) is 0.226. The van der Waals surface area contributed by atoms with Crippen LogP contribution in [0.5, 0.6) is 0 Å². The van der Waals surface area contributed by atoms with Crippen molar-refractivity contribution in [3.8, 4) is 0 Å². The van der Waals surface area contributed by atoms with E-state index in [0.29, 0.717) is 19.4 Å². The van der Waals surface area contributed by atoms with Crippen molar-refractivity contribution in [3.63, 3.8) is 0 Å². The Kier molecular flexibility index (Phi) is 4.54. The van der Waals surface area contributed by atoms with Crippen LogP contribution in [-0.2, 0) is 9.84 Å². The van der Waals surface area contributed by atoms with Gasteiger partial charge < -0.3 is 10.4 Å². The van der Waals surface area contributed by atoms with E-state index in [4.69, 9.17) is 0 Å². The highest BCUT2D eigenvalue weighted by Crippen LogP contribution is 2.20. The normalized spacial score (nSPS) is 23.4. The van der Waals surface area contributed by atoms with Gasteiger partial charge in [-0.1, -0.05) is 18.2 Å². The number of halogens is 1. The van der Waals surface area contributed by atoms with Gasteiger partial charge in [0.25, 0.3) is 0 Å². The zero-order chi connectivity index (χ0) is 13.9. The molecule has 6 heteroatoms. The summed E-state index contributed by atoms with van der Waals surface area (Å²) in [7, 11) is -2.98. The van der Waals surface area contributed by atoms with Crippen LogP contribution >= 0.6 is 0 Å². The Morgan fingerprint density at radius 3 is 2.79 bits per heavy atom. The zero-order valence-electron chi connectivity index (χ0n) is 10.5. The molecule has 0 amide bonds. The third-order valence-electron chi connectivity index (χ3n) is 3.44. The molecule has 1 saturated heterocycles. The lowest BCUT2D eigenvalue weighted by molar-refractivity contribution is 0.170. The van der Waals surface area contributed by atoms with Gasteiger partial charge in [0.2, 0.25) is 0 Å². The first-order chi connectivity index (χ1) is 9.00. The molecule has 1 aromatic carbocycles. The molecule has 0 spiro atoms. The smallest absolute Gasteiger partial charge is 0.154 e. The summed E-state index contributed by atoms with van der Waals surface area (Å²) in [6, 6.07) is 6.03. The van der Waals surface area contributed by atoms with Crippen molar-refractivity contribution in [2.24, 2.45) is 0 Å². The van der Waals surface area contributed by atoms with E-state index in [0.717, 1.165) is 0 Å². The van der Waals surface area contributed by atoms with E-state index < -0.39 is 21.8 Å². The minimum absolute atomic E-state index is 0.146. The first-order valence-electron chi connectivity index (χ1n) is 6.35. The predicted molar refractivity (Wildman–Crippen MR) is 71.0 cm³/mol. The molecule has 1 heterocycles. The molecule has 2 N–H and O–H groups in total. The molecule has 0 aliphatic carbocycles. The number of nitrogens with one attached hydrogen (secondary N) is 1. The maximum absolute atomic E-state index is 13.4. The van der Waals surface area contributed by atoms with E-state index in [1.165, 1.54) is 12.1 Å². The van der Waals surface area contributed by atoms with Crippen LogP contribution in [0.15, 0.2) is 24.3 Å². The number of aliphatic hydroxyl groups is 1. The van der Waals surface area contributed by atoms with Crippen LogP contribution in [0, 0.1) is 5.82 Å². The Balaban J connectivity index is 1.85. The van der Waals surface area contributed by atoms with Crippen molar-refractivity contribution in [1.82, 2.24) is 5.32 Å². The topological polar surface area (TPSA) is 66.4 Å². The number of hydrogen-bond acceptors (Lipinski definition) is 4. The molecule has 2 atom stereocenters. The number of benzene rings is 1. The molecule has 4 nitrogen and oxygen atoms in total. The van der Waals surface area contributed by atoms with Gasteiger partial charge in [0.15, 0.2) is 9.84 Å². The number of rotatable bonds is 5. The Morgan fingerprint density at radius 2 is 2.16 bits per heavy atom. The molecule has 2 rings (SSSR count). The van der Waals surface area contributed by atoms with Crippen molar-refractivity contribution in [2.45, 2.75) is 24.2 Å². The molecule has 0 aromatic heterocycles. The molecule has 0 radical (unpaired) electrons. The third kappa shape index (κ3) is 3.52. The minimum atomic E-state index is -2.98. The van der Waals surface area contributed by atoms with Crippen molar-refractivity contribution >= 4 is 9.84 Å². The van der Waals surface area contributed by atoms with Crippen LogP contribution in [-0.4, -0.2) is 37.6 Å².